The molecule has 0 unspecified atom stereocenters. The highest BCUT2D eigenvalue weighted by Gasteiger charge is 2.21. The molecule has 1 aromatic heterocycles. The van der Waals surface area contributed by atoms with Gasteiger partial charge < -0.3 is 10.2 Å². The molecule has 1 aliphatic rings. The van der Waals surface area contributed by atoms with Gasteiger partial charge in [0.15, 0.2) is 16.8 Å². The summed E-state index contributed by atoms with van der Waals surface area (Å²) in [6, 6.07) is 11.7. The minimum absolute atomic E-state index is 0.159. The second kappa shape index (κ2) is 6.84. The average Bonchev–Trinajstić information content (AvgIpc) is 3.25. The van der Waals surface area contributed by atoms with Crippen LogP contribution in [0.25, 0.3) is 11.3 Å². The number of nitrogens with one attached hydrogen (secondary N) is 1. The number of carbonyl (C=O) groups excluding carboxylic acids is 1. The van der Waals surface area contributed by atoms with E-state index in [1.165, 1.54) is 23.0 Å². The second-order valence-corrected chi connectivity index (χ2v) is 6.87. The number of para-hydroxylation sites is 1. The normalized spacial score (nSPS) is 12.9. The molecule has 26 heavy (non-hydrogen) atoms. The fourth-order valence-corrected chi connectivity index (χ4v) is 3.76. The van der Waals surface area contributed by atoms with Crippen LogP contribution >= 0.6 is 11.3 Å². The molecule has 0 bridgehead atoms. The van der Waals surface area contributed by atoms with Gasteiger partial charge in [0.25, 0.3) is 0 Å². The first kappa shape index (κ1) is 16.7. The quantitative estimate of drug-likeness (QED) is 0.751. The van der Waals surface area contributed by atoms with Crippen molar-refractivity contribution >= 4 is 28.1 Å². The highest BCUT2D eigenvalue weighted by Crippen LogP contribution is 2.28. The zero-order valence-corrected chi connectivity index (χ0v) is 14.5. The van der Waals surface area contributed by atoms with Crippen LogP contribution in [0.1, 0.15) is 5.56 Å². The van der Waals surface area contributed by atoms with Crippen molar-refractivity contribution in [3.05, 3.63) is 65.0 Å². The number of halogens is 2. The Hall–Kier alpha value is -2.80. The molecule has 0 saturated heterocycles. The number of nitrogens with zero attached hydrogens (tertiary/aromatic N) is 2. The number of benzene rings is 2. The van der Waals surface area contributed by atoms with Gasteiger partial charge in [-0.2, -0.15) is 0 Å². The maximum atomic E-state index is 13.4. The fourth-order valence-electron chi connectivity index (χ4n) is 3.02. The lowest BCUT2D eigenvalue weighted by Gasteiger charge is -2.18. The first-order valence-electron chi connectivity index (χ1n) is 8.14. The predicted molar refractivity (Wildman–Crippen MR) is 98.5 cm³/mol. The second-order valence-electron chi connectivity index (χ2n) is 6.02. The summed E-state index contributed by atoms with van der Waals surface area (Å²) in [4.78, 5) is 18.7. The fraction of sp³-hybridized carbons (Fsp3) is 0.158. The van der Waals surface area contributed by atoms with Crippen LogP contribution < -0.4 is 10.2 Å². The van der Waals surface area contributed by atoms with E-state index in [1.54, 1.807) is 5.38 Å². The summed E-state index contributed by atoms with van der Waals surface area (Å²) >= 11 is 1.25. The lowest BCUT2D eigenvalue weighted by atomic mass is 10.2. The molecule has 1 aliphatic heterocycles. The third kappa shape index (κ3) is 3.30. The molecular formula is C19H15F2N3OS. The van der Waals surface area contributed by atoms with Crippen LogP contribution in [0.3, 0.4) is 0 Å². The highest BCUT2D eigenvalue weighted by molar-refractivity contribution is 7.14. The van der Waals surface area contributed by atoms with E-state index >= 15 is 0 Å². The van der Waals surface area contributed by atoms with Crippen LogP contribution in [0, 0.1) is 11.6 Å². The lowest BCUT2D eigenvalue weighted by molar-refractivity contribution is -0.115. The summed E-state index contributed by atoms with van der Waals surface area (Å²) < 4.78 is 26.4. The van der Waals surface area contributed by atoms with Crippen molar-refractivity contribution in [1.82, 2.24) is 4.98 Å². The maximum absolute atomic E-state index is 13.4. The van der Waals surface area contributed by atoms with E-state index in [0.29, 0.717) is 16.4 Å². The van der Waals surface area contributed by atoms with E-state index in [2.05, 4.69) is 16.4 Å². The van der Waals surface area contributed by atoms with Crippen molar-refractivity contribution in [2.24, 2.45) is 0 Å². The lowest BCUT2D eigenvalue weighted by Crippen LogP contribution is -2.31. The monoisotopic (exact) mass is 371 g/mol. The van der Waals surface area contributed by atoms with Crippen LogP contribution in [0.4, 0.5) is 19.6 Å². The van der Waals surface area contributed by atoms with E-state index in [4.69, 9.17) is 0 Å². The minimum Gasteiger partial charge on any atom is -0.362 e. The van der Waals surface area contributed by atoms with Crippen molar-refractivity contribution in [2.75, 3.05) is 23.3 Å². The van der Waals surface area contributed by atoms with Crippen LogP contribution in [0.2, 0.25) is 0 Å². The van der Waals surface area contributed by atoms with Gasteiger partial charge in [0.2, 0.25) is 5.91 Å². The average molecular weight is 371 g/mol. The van der Waals surface area contributed by atoms with E-state index in [9.17, 15) is 13.6 Å². The molecule has 4 rings (SSSR count). The van der Waals surface area contributed by atoms with Gasteiger partial charge in [-0.1, -0.05) is 18.2 Å². The molecule has 1 N–H and O–H groups in total. The molecule has 0 radical (unpaired) electrons. The summed E-state index contributed by atoms with van der Waals surface area (Å²) in [6.07, 6.45) is 0.932. The van der Waals surface area contributed by atoms with Crippen molar-refractivity contribution in [1.29, 1.82) is 0 Å². The van der Waals surface area contributed by atoms with Crippen molar-refractivity contribution in [2.45, 2.75) is 6.42 Å². The Bertz CT molecular complexity index is 973. The third-order valence-electron chi connectivity index (χ3n) is 4.28. The largest absolute Gasteiger partial charge is 0.362 e. The van der Waals surface area contributed by atoms with Crippen molar-refractivity contribution in [3.63, 3.8) is 0 Å². The third-order valence-corrected chi connectivity index (χ3v) is 5.04. The van der Waals surface area contributed by atoms with Crippen LogP contribution in [0.15, 0.2) is 47.8 Å². The number of amides is 1. The molecule has 0 aliphatic carbocycles. The number of hydrogen-bond acceptors (Lipinski definition) is 4. The van der Waals surface area contributed by atoms with Crippen molar-refractivity contribution in [3.8, 4) is 11.3 Å². The highest BCUT2D eigenvalue weighted by atomic mass is 32.1. The zero-order chi connectivity index (χ0) is 18.1. The molecule has 3 aromatic rings. The Morgan fingerprint density at radius 2 is 2.04 bits per heavy atom. The first-order chi connectivity index (χ1) is 12.6. The number of thiazole rings is 1. The molecule has 0 spiro atoms. The Morgan fingerprint density at radius 1 is 1.19 bits per heavy atom. The van der Waals surface area contributed by atoms with Crippen molar-refractivity contribution < 1.29 is 13.6 Å². The summed E-state index contributed by atoms with van der Waals surface area (Å²) in [6.45, 7) is 1.06. The van der Waals surface area contributed by atoms with E-state index in [-0.39, 0.29) is 12.5 Å². The first-order valence-corrected chi connectivity index (χ1v) is 9.02. The number of aromatic nitrogens is 1. The SMILES string of the molecule is O=C(CN1CCc2ccccc21)Nc1nc(-c2ccc(F)c(F)c2)cs1. The van der Waals surface area contributed by atoms with Gasteiger partial charge in [-0.15, -0.1) is 11.3 Å². The van der Waals surface area contributed by atoms with Gasteiger partial charge in [0, 0.05) is 23.2 Å². The van der Waals surface area contributed by atoms with Crippen LogP contribution in [0.5, 0.6) is 0 Å². The smallest absolute Gasteiger partial charge is 0.245 e. The standard InChI is InChI=1S/C19H15F2N3OS/c20-14-6-5-13(9-15(14)21)16-11-26-19(22-16)23-18(25)10-24-8-7-12-3-1-2-4-17(12)24/h1-6,9,11H,7-8,10H2,(H,22,23,25). The minimum atomic E-state index is -0.922. The van der Waals surface area contributed by atoms with E-state index < -0.39 is 11.6 Å². The topological polar surface area (TPSA) is 45.2 Å². The van der Waals surface area contributed by atoms with Gasteiger partial charge in [-0.25, -0.2) is 13.8 Å². The number of hydrogen-bond donors (Lipinski definition) is 1. The molecule has 0 saturated carbocycles. The molecule has 4 nitrogen and oxygen atoms in total. The molecule has 0 fully saturated rings. The number of fused-ring (bicyclic) bond motifs is 1. The number of anilines is 2. The summed E-state index contributed by atoms with van der Waals surface area (Å²) in [5.74, 6) is -1.98. The number of rotatable bonds is 4. The number of carbonyl (C=O) groups is 1. The molecule has 2 aromatic carbocycles. The van der Waals surface area contributed by atoms with E-state index in [1.807, 2.05) is 23.1 Å². The molecule has 0 atom stereocenters. The molecular weight excluding hydrogens is 356 g/mol. The van der Waals surface area contributed by atoms with Gasteiger partial charge in [0.05, 0.1) is 12.2 Å². The molecule has 132 valence electrons. The Morgan fingerprint density at radius 3 is 2.88 bits per heavy atom. The maximum Gasteiger partial charge on any atom is 0.245 e. The van der Waals surface area contributed by atoms with Crippen LogP contribution in [-0.2, 0) is 11.2 Å². The molecule has 1 amide bonds. The van der Waals surface area contributed by atoms with Gasteiger partial charge in [-0.3, -0.25) is 4.79 Å². The Balaban J connectivity index is 1.43. The predicted octanol–water partition coefficient (Wildman–Crippen LogP) is 4.09. The Labute approximate surface area is 153 Å². The van der Waals surface area contributed by atoms with E-state index in [0.717, 1.165) is 30.8 Å². The van der Waals surface area contributed by atoms with Gasteiger partial charge >= 0.3 is 0 Å². The summed E-state index contributed by atoms with van der Waals surface area (Å²) in [5, 5.41) is 4.91. The zero-order valence-electron chi connectivity index (χ0n) is 13.7. The summed E-state index contributed by atoms with van der Waals surface area (Å²) in [7, 11) is 0. The Kier molecular flexibility index (Phi) is 4.38. The van der Waals surface area contributed by atoms with Gasteiger partial charge in [0.1, 0.15) is 0 Å². The summed E-state index contributed by atoms with van der Waals surface area (Å²) in [5.41, 5.74) is 3.30. The van der Waals surface area contributed by atoms with Gasteiger partial charge in [-0.05, 0) is 36.2 Å². The van der Waals surface area contributed by atoms with Crippen LogP contribution in [-0.4, -0.2) is 24.0 Å². The molecule has 7 heteroatoms. The molecule has 2 heterocycles.